The summed E-state index contributed by atoms with van der Waals surface area (Å²) in [6.07, 6.45) is 1.04. The minimum atomic E-state index is -0.601. The number of imidazole rings is 1. The van der Waals surface area contributed by atoms with Gasteiger partial charge in [-0.15, -0.1) is 0 Å². The molecule has 1 aliphatic carbocycles. The predicted molar refractivity (Wildman–Crippen MR) is 57.1 cm³/mol. The van der Waals surface area contributed by atoms with E-state index in [9.17, 15) is 8.78 Å². The van der Waals surface area contributed by atoms with Gasteiger partial charge in [0.05, 0.1) is 5.52 Å². The van der Waals surface area contributed by atoms with Crippen LogP contribution in [0.25, 0.3) is 11.0 Å². The molecule has 1 aromatic heterocycles. The molecule has 1 aliphatic rings. The molecular formula is C12H12F2N2. The molecule has 1 atom stereocenters. The number of H-pyrrole nitrogens is 1. The van der Waals surface area contributed by atoms with Crippen LogP contribution < -0.4 is 0 Å². The van der Waals surface area contributed by atoms with Crippen LogP contribution in [-0.2, 0) is 0 Å². The van der Waals surface area contributed by atoms with Gasteiger partial charge in [0, 0.05) is 12.0 Å². The number of halogens is 2. The standard InChI is InChI=1S/C12H12F2N2/c1-12(2)5-7(12)11-15-9-4-6(13)3-8(14)10(9)16-11/h3-4,7H,5H2,1-2H3,(H,15,16). The van der Waals surface area contributed by atoms with Gasteiger partial charge in [-0.2, -0.15) is 0 Å². The topological polar surface area (TPSA) is 28.7 Å². The Morgan fingerprint density at radius 1 is 1.38 bits per heavy atom. The van der Waals surface area contributed by atoms with Crippen LogP contribution in [0.15, 0.2) is 12.1 Å². The van der Waals surface area contributed by atoms with Gasteiger partial charge in [-0.25, -0.2) is 13.8 Å². The highest BCUT2D eigenvalue weighted by atomic mass is 19.1. The van der Waals surface area contributed by atoms with Crippen molar-refractivity contribution < 1.29 is 8.78 Å². The quantitative estimate of drug-likeness (QED) is 0.787. The first-order valence-electron chi connectivity index (χ1n) is 5.32. The third-order valence-corrected chi connectivity index (χ3v) is 3.37. The number of nitrogens with zero attached hydrogens (tertiary/aromatic N) is 1. The number of aromatic nitrogens is 2. The Morgan fingerprint density at radius 2 is 2.06 bits per heavy atom. The fraction of sp³-hybridized carbons (Fsp3) is 0.417. The molecule has 0 saturated heterocycles. The van der Waals surface area contributed by atoms with Crippen molar-refractivity contribution in [2.75, 3.05) is 0 Å². The molecule has 1 aromatic carbocycles. The highest BCUT2D eigenvalue weighted by molar-refractivity contribution is 5.76. The third-order valence-electron chi connectivity index (χ3n) is 3.37. The van der Waals surface area contributed by atoms with Gasteiger partial charge in [-0.3, -0.25) is 0 Å². The number of benzene rings is 1. The van der Waals surface area contributed by atoms with E-state index in [-0.39, 0.29) is 10.9 Å². The number of rotatable bonds is 1. The van der Waals surface area contributed by atoms with Crippen molar-refractivity contribution in [2.24, 2.45) is 5.41 Å². The van der Waals surface area contributed by atoms with Crippen molar-refractivity contribution in [3.63, 3.8) is 0 Å². The Balaban J connectivity index is 2.13. The highest BCUT2D eigenvalue weighted by Crippen LogP contribution is 2.57. The Labute approximate surface area is 91.7 Å². The number of hydrogen-bond donors (Lipinski definition) is 1. The van der Waals surface area contributed by atoms with Crippen LogP contribution in [0.2, 0.25) is 0 Å². The molecule has 0 spiro atoms. The van der Waals surface area contributed by atoms with E-state index >= 15 is 0 Å². The number of nitrogens with one attached hydrogen (secondary N) is 1. The normalized spacial score (nSPS) is 22.6. The van der Waals surface area contributed by atoms with Crippen LogP contribution in [0.3, 0.4) is 0 Å². The van der Waals surface area contributed by atoms with E-state index in [1.54, 1.807) is 0 Å². The molecule has 1 unspecified atom stereocenters. The molecule has 84 valence electrons. The van der Waals surface area contributed by atoms with Crippen molar-refractivity contribution >= 4 is 11.0 Å². The lowest BCUT2D eigenvalue weighted by molar-refractivity contribution is 0.590. The van der Waals surface area contributed by atoms with Gasteiger partial charge in [0.1, 0.15) is 17.2 Å². The van der Waals surface area contributed by atoms with E-state index < -0.39 is 11.6 Å². The first kappa shape index (κ1) is 9.75. The van der Waals surface area contributed by atoms with Gasteiger partial charge in [0.2, 0.25) is 0 Å². The van der Waals surface area contributed by atoms with E-state index in [4.69, 9.17) is 0 Å². The van der Waals surface area contributed by atoms with Crippen molar-refractivity contribution in [3.05, 3.63) is 29.6 Å². The van der Waals surface area contributed by atoms with Crippen molar-refractivity contribution in [1.82, 2.24) is 9.97 Å². The molecule has 0 radical (unpaired) electrons. The fourth-order valence-corrected chi connectivity index (χ4v) is 2.16. The molecule has 1 N–H and O–H groups in total. The van der Waals surface area contributed by atoms with Crippen LogP contribution >= 0.6 is 0 Å². The van der Waals surface area contributed by atoms with Crippen LogP contribution in [0.5, 0.6) is 0 Å². The maximum atomic E-state index is 13.4. The molecule has 1 heterocycles. The van der Waals surface area contributed by atoms with E-state index in [2.05, 4.69) is 23.8 Å². The summed E-state index contributed by atoms with van der Waals surface area (Å²) in [6, 6.07) is 2.15. The second kappa shape index (κ2) is 2.81. The molecule has 0 amide bonds. The summed E-state index contributed by atoms with van der Waals surface area (Å²) in [7, 11) is 0. The van der Waals surface area contributed by atoms with Crippen LogP contribution in [0.1, 0.15) is 32.0 Å². The average Bonchev–Trinajstić information content (AvgIpc) is 2.64. The number of fused-ring (bicyclic) bond motifs is 1. The van der Waals surface area contributed by atoms with Gasteiger partial charge in [-0.1, -0.05) is 13.8 Å². The minimum Gasteiger partial charge on any atom is -0.342 e. The fourth-order valence-electron chi connectivity index (χ4n) is 2.16. The largest absolute Gasteiger partial charge is 0.342 e. The number of aromatic amines is 1. The van der Waals surface area contributed by atoms with Crippen LogP contribution in [0, 0.1) is 17.0 Å². The van der Waals surface area contributed by atoms with Crippen molar-refractivity contribution in [3.8, 4) is 0 Å². The van der Waals surface area contributed by atoms with Gasteiger partial charge < -0.3 is 4.98 Å². The summed E-state index contributed by atoms with van der Waals surface area (Å²) < 4.78 is 26.4. The maximum Gasteiger partial charge on any atom is 0.153 e. The zero-order chi connectivity index (χ0) is 11.5. The molecule has 0 bridgehead atoms. The van der Waals surface area contributed by atoms with Crippen LogP contribution in [-0.4, -0.2) is 9.97 Å². The molecule has 4 heteroatoms. The summed E-state index contributed by atoms with van der Waals surface area (Å²) in [4.78, 5) is 7.22. The summed E-state index contributed by atoms with van der Waals surface area (Å²) >= 11 is 0. The second-order valence-corrected chi connectivity index (χ2v) is 5.15. The minimum absolute atomic E-state index is 0.225. The van der Waals surface area contributed by atoms with Crippen LogP contribution in [0.4, 0.5) is 8.78 Å². The molecule has 1 fully saturated rings. The van der Waals surface area contributed by atoms with E-state index in [1.165, 1.54) is 6.07 Å². The Kier molecular flexibility index (Phi) is 1.71. The molecule has 16 heavy (non-hydrogen) atoms. The highest BCUT2D eigenvalue weighted by Gasteiger charge is 2.48. The lowest BCUT2D eigenvalue weighted by Crippen LogP contribution is -1.91. The Bertz CT molecular complexity index is 572. The lowest BCUT2D eigenvalue weighted by atomic mass is 10.1. The summed E-state index contributed by atoms with van der Waals surface area (Å²) in [5, 5.41) is 0. The lowest BCUT2D eigenvalue weighted by Gasteiger charge is -1.97. The van der Waals surface area contributed by atoms with Crippen molar-refractivity contribution in [2.45, 2.75) is 26.2 Å². The first-order chi connectivity index (χ1) is 7.47. The smallest absolute Gasteiger partial charge is 0.153 e. The molecule has 2 aromatic rings. The SMILES string of the molecule is CC1(C)CC1c1nc2c(F)cc(F)cc2[nH]1. The third kappa shape index (κ3) is 1.32. The monoisotopic (exact) mass is 222 g/mol. The molecule has 2 nitrogen and oxygen atoms in total. The molecule has 1 saturated carbocycles. The first-order valence-corrected chi connectivity index (χ1v) is 5.32. The molecule has 0 aliphatic heterocycles. The Hall–Kier alpha value is -1.45. The summed E-state index contributed by atoms with van der Waals surface area (Å²) in [6.45, 7) is 4.28. The Morgan fingerprint density at radius 3 is 2.69 bits per heavy atom. The van der Waals surface area contributed by atoms with Gasteiger partial charge in [0.25, 0.3) is 0 Å². The second-order valence-electron chi connectivity index (χ2n) is 5.15. The van der Waals surface area contributed by atoms with E-state index in [0.29, 0.717) is 11.4 Å². The van der Waals surface area contributed by atoms with E-state index in [0.717, 1.165) is 18.3 Å². The van der Waals surface area contributed by atoms with Gasteiger partial charge >= 0.3 is 0 Å². The maximum absolute atomic E-state index is 13.4. The zero-order valence-electron chi connectivity index (χ0n) is 9.14. The van der Waals surface area contributed by atoms with Gasteiger partial charge in [0.15, 0.2) is 5.82 Å². The van der Waals surface area contributed by atoms with Gasteiger partial charge in [-0.05, 0) is 17.9 Å². The number of hydrogen-bond acceptors (Lipinski definition) is 1. The zero-order valence-corrected chi connectivity index (χ0v) is 9.14. The summed E-state index contributed by atoms with van der Waals surface area (Å²) in [5.74, 6) is -0.0712. The average molecular weight is 222 g/mol. The summed E-state index contributed by atoms with van der Waals surface area (Å²) in [5.41, 5.74) is 0.900. The van der Waals surface area contributed by atoms with Crippen molar-refractivity contribution in [1.29, 1.82) is 0 Å². The molecular weight excluding hydrogens is 210 g/mol. The van der Waals surface area contributed by atoms with E-state index in [1.807, 2.05) is 0 Å². The predicted octanol–water partition coefficient (Wildman–Crippen LogP) is 3.35. The molecule has 3 rings (SSSR count).